The highest BCUT2D eigenvalue weighted by Gasteiger charge is 2.32. The average molecular weight is 1550 g/mol. The molecule has 0 bridgehead atoms. The van der Waals surface area contributed by atoms with Crippen molar-refractivity contribution in [2.75, 3.05) is 66.1 Å². The molecule has 0 aliphatic carbocycles. The number of carbonyl (C=O) groups excluding carboxylic acids is 3. The molecule has 22 heteroatoms. The predicted molar refractivity (Wildman–Crippen MR) is 395 cm³/mol. The summed E-state index contributed by atoms with van der Waals surface area (Å²) in [6.45, 7) is 11.3. The number of carboxylic acid groups (broad SMARTS) is 2. The zero-order valence-corrected chi connectivity index (χ0v) is 60.3. The lowest BCUT2D eigenvalue weighted by atomic mass is 9.95. The van der Waals surface area contributed by atoms with Crippen LogP contribution in [-0.2, 0) is 41.8 Å². The van der Waals surface area contributed by atoms with Crippen LogP contribution in [0.3, 0.4) is 0 Å². The monoisotopic (exact) mass is 1550 g/mol. The van der Waals surface area contributed by atoms with Crippen molar-refractivity contribution < 1.29 is 82.3 Å². The van der Waals surface area contributed by atoms with Gasteiger partial charge in [0, 0.05) is 88.3 Å². The first-order valence-electron chi connectivity index (χ1n) is 32.2. The molecule has 0 radical (unpaired) electrons. The Kier molecular flexibility index (Phi) is 26.5. The minimum absolute atomic E-state index is 0.316. The van der Waals surface area contributed by atoms with Gasteiger partial charge in [-0.2, -0.15) is 0 Å². The highest BCUT2D eigenvalue weighted by molar-refractivity contribution is 9.93. The molecule has 8 aromatic rings. The Labute approximate surface area is 603 Å². The molecule has 6 heterocycles. The van der Waals surface area contributed by atoms with Crippen LogP contribution in [0.1, 0.15) is 106 Å². The van der Waals surface area contributed by atoms with E-state index < -0.39 is 36.2 Å². The van der Waals surface area contributed by atoms with Crippen LogP contribution < -0.4 is 48.9 Å². The molecule has 2 atom stereocenters. The van der Waals surface area contributed by atoms with E-state index in [1.54, 1.807) is 12.1 Å². The molecule has 0 fully saturated rings. The van der Waals surface area contributed by atoms with Gasteiger partial charge in [0.1, 0.15) is 79.4 Å². The maximum absolute atomic E-state index is 11.6. The predicted octanol–water partition coefficient (Wildman–Crippen LogP) is 13.9. The van der Waals surface area contributed by atoms with Crippen molar-refractivity contribution in [2.24, 2.45) is 5.73 Å². The number of nitrogens with two attached hydrogens (primary N) is 1. The number of benzene rings is 8. The normalized spacial score (nSPS) is 14.8. The second-order valence-electron chi connectivity index (χ2n) is 24.3. The van der Waals surface area contributed by atoms with Gasteiger partial charge < -0.3 is 64.1 Å². The number of carbonyl (C=O) groups is 5. The first-order valence-corrected chi connectivity index (χ1v) is 36.7. The molecule has 8 aromatic carbocycles. The zero-order chi connectivity index (χ0) is 71.5. The van der Waals surface area contributed by atoms with Crippen LogP contribution in [0.25, 0.3) is 46.6 Å². The molecule has 0 amide bonds. The molecule has 6 aliphatic rings. The summed E-state index contributed by atoms with van der Waals surface area (Å²) in [4.78, 5) is 53.7. The Hall–Kier alpha value is -9.13. The van der Waals surface area contributed by atoms with Gasteiger partial charge in [-0.3, -0.25) is 29.3 Å². The lowest BCUT2D eigenvalue weighted by Crippen LogP contribution is -2.52. The number of hydrogen-bond donors (Lipinski definition) is 6. The van der Waals surface area contributed by atoms with E-state index >= 15 is 0 Å². The van der Waals surface area contributed by atoms with E-state index in [0.29, 0.717) is 57.3 Å². The third-order valence-electron chi connectivity index (χ3n) is 17.2. The fourth-order valence-corrected chi connectivity index (χ4v) is 12.1. The number of nitrogens with one attached hydrogen (secondary N) is 1. The maximum Gasteiger partial charge on any atom is 0.326 e. The van der Waals surface area contributed by atoms with Gasteiger partial charge in [-0.15, -0.1) is 0 Å². The van der Waals surface area contributed by atoms with Crippen molar-refractivity contribution in [1.82, 2.24) is 5.32 Å². The molecule has 14 rings (SSSR count). The summed E-state index contributed by atoms with van der Waals surface area (Å²) >= 11 is 8.86. The van der Waals surface area contributed by atoms with Gasteiger partial charge in [0.25, 0.3) is 0 Å². The number of aliphatic hydroxyl groups excluding tert-OH is 2. The Morgan fingerprint density at radius 3 is 1.39 bits per heavy atom. The van der Waals surface area contributed by atoms with Gasteiger partial charge >= 0.3 is 11.9 Å². The third kappa shape index (κ3) is 18.6. The molecule has 6 aliphatic heterocycles. The van der Waals surface area contributed by atoms with Crippen molar-refractivity contribution in [1.29, 1.82) is 0 Å². The van der Waals surface area contributed by atoms with Crippen molar-refractivity contribution in [2.45, 2.75) is 71.0 Å². The van der Waals surface area contributed by atoms with Crippen molar-refractivity contribution >= 4 is 99.3 Å². The molecule has 2 unspecified atom stereocenters. The number of carboxylic acids is 2. The molecule has 19 nitrogen and oxygen atoms in total. The van der Waals surface area contributed by atoms with E-state index in [1.165, 1.54) is 19.4 Å². The smallest absolute Gasteiger partial charge is 0.326 e. The number of halogens is 3. The molecule has 7 N–H and O–H groups in total. The fourth-order valence-electron chi connectivity index (χ4n) is 11.5. The second kappa shape index (κ2) is 35.3. The number of aliphatic carboxylic acids is 2. The lowest BCUT2D eigenvalue weighted by molar-refractivity contribution is -0.146. The van der Waals surface area contributed by atoms with E-state index in [2.05, 4.69) is 118 Å². The summed E-state index contributed by atoms with van der Waals surface area (Å²) in [7, 11) is 0. The number of aliphatic hydroxyl groups is 2. The summed E-state index contributed by atoms with van der Waals surface area (Å²) in [5, 5.41) is 38.4. The summed E-state index contributed by atoms with van der Waals surface area (Å²) in [6, 6.07) is 41.6. The molecule has 100 heavy (non-hydrogen) atoms. The summed E-state index contributed by atoms with van der Waals surface area (Å²) in [6.07, 6.45) is 14.3. The molecular formula is C78H77Br3N2O17. The lowest BCUT2D eigenvalue weighted by Gasteiger charge is -2.24. The van der Waals surface area contributed by atoms with Crippen molar-refractivity contribution in [3.8, 4) is 68.2 Å². The Bertz CT molecular complexity index is 4360. The summed E-state index contributed by atoms with van der Waals surface area (Å²) in [5.74, 6) is 4.41. The Balaban J connectivity index is 0.000000163. The number of aldehydes is 3. The second-order valence-corrected chi connectivity index (χ2v) is 25.2. The maximum atomic E-state index is 11.6. The number of rotatable bonds is 16. The standard InChI is InChI=1S/C30H31NO6.C26H22O4.C9H7BrO2.C9H8O2.C4H9NO3.Br2/c1-19-21(4-3-5-25(19)22-8-9-26-27(16-22)36-13-12-35-26)6-7-23-14-20(15-24-10-11-37-28(23)24)17-31-30(2,18-32)29(33)34;1-17-19(5-6-21-13-18(16-27)14-22-9-10-30-26(21)22)3-2-4-23(17)20-7-8-24-25(15-20)29-12-11-28-24;10-8-4-6(5-11)3-7-1-2-12-9(7)8;10-6-7-1-2-9-8(5-7)3-4-11-9;1-4(5,2-6)3(7)8;1-2/h3-9,14-16,31-32H,10-13,17-18H2,1-2H3,(H,33,34);2-8,13-16H,9-12H2,1H3;3-5H,1-2H2;1-2,5-6H,3-4H2;6H,2,5H2,1H3,(H,7,8);/b7-6+;6-5+;;;;. The number of ether oxygens (including phenoxy) is 8. The highest BCUT2D eigenvalue weighted by atomic mass is 80.9. The van der Waals surface area contributed by atoms with E-state index in [9.17, 15) is 34.2 Å². The summed E-state index contributed by atoms with van der Waals surface area (Å²) < 4.78 is 46.1. The molecular weight excluding hydrogens is 1480 g/mol. The van der Waals surface area contributed by atoms with Crippen molar-refractivity contribution in [3.63, 3.8) is 0 Å². The zero-order valence-electron chi connectivity index (χ0n) is 55.6. The van der Waals surface area contributed by atoms with Gasteiger partial charge in [0.2, 0.25) is 0 Å². The van der Waals surface area contributed by atoms with Gasteiger partial charge in [0.05, 0.1) is 44.1 Å². The van der Waals surface area contributed by atoms with Crippen LogP contribution in [0.15, 0.2) is 132 Å². The molecule has 0 saturated heterocycles. The summed E-state index contributed by atoms with van der Waals surface area (Å²) in [5.41, 5.74) is 20.5. The van der Waals surface area contributed by atoms with E-state index in [4.69, 9.17) is 53.8 Å². The van der Waals surface area contributed by atoms with Gasteiger partial charge in [-0.05, 0) is 189 Å². The van der Waals surface area contributed by atoms with Crippen LogP contribution in [0.2, 0.25) is 0 Å². The highest BCUT2D eigenvalue weighted by Crippen LogP contribution is 2.41. The molecule has 0 aromatic heterocycles. The largest absolute Gasteiger partial charge is 0.493 e. The van der Waals surface area contributed by atoms with E-state index in [0.717, 1.165) is 192 Å². The third-order valence-corrected chi connectivity index (χ3v) is 17.8. The Morgan fingerprint density at radius 2 is 0.900 bits per heavy atom. The number of fused-ring (bicyclic) bond motifs is 6. The first-order chi connectivity index (χ1) is 48.3. The average Bonchev–Trinajstić information content (AvgIpc) is 1.01. The van der Waals surface area contributed by atoms with Crippen LogP contribution in [0.4, 0.5) is 0 Å². The minimum Gasteiger partial charge on any atom is -0.493 e. The fraction of sp³-hybridized carbons (Fsp3) is 0.269. The van der Waals surface area contributed by atoms with E-state index in [1.807, 2.05) is 84.9 Å². The van der Waals surface area contributed by atoms with Crippen LogP contribution in [0, 0.1) is 13.8 Å². The molecule has 0 spiro atoms. The van der Waals surface area contributed by atoms with Gasteiger partial charge in [-0.25, -0.2) is 0 Å². The minimum atomic E-state index is -1.49. The topological polar surface area (TPSA) is 278 Å². The van der Waals surface area contributed by atoms with Gasteiger partial charge in [-0.1, -0.05) is 78.9 Å². The van der Waals surface area contributed by atoms with Crippen LogP contribution in [-0.4, -0.2) is 128 Å². The SMILES string of the molecule is BrBr.CC(N)(CO)C(=O)O.Cc1c(/C=C/c2cc(C=O)cc3c2OCC3)cccc1-c1ccc2c(c1)OCCO2.Cc1c(/C=C/c2cc(CNC(C)(CO)C(=O)O)cc3c2OCC3)cccc1-c1ccc2c(c1)OCCO2.O=Cc1cc(Br)c2c(c1)CCO2.O=Cc1ccc2c(c1)CCO2. The first kappa shape index (κ1) is 75.1. The molecule has 522 valence electrons. The van der Waals surface area contributed by atoms with Crippen LogP contribution >= 0.6 is 44.2 Å². The molecule has 0 saturated carbocycles. The quantitative estimate of drug-likeness (QED) is 0.0387. The van der Waals surface area contributed by atoms with E-state index in [-0.39, 0.29) is 0 Å². The van der Waals surface area contributed by atoms with Crippen LogP contribution in [0.5, 0.6) is 46.0 Å². The van der Waals surface area contributed by atoms with Crippen molar-refractivity contribution in [3.05, 3.63) is 210 Å². The Morgan fingerprint density at radius 1 is 0.470 bits per heavy atom. The number of hydrogen-bond acceptors (Lipinski definition) is 17. The van der Waals surface area contributed by atoms with Gasteiger partial charge in [0.15, 0.2) is 23.0 Å².